The van der Waals surface area contributed by atoms with Crippen molar-refractivity contribution < 1.29 is 0 Å². The molecule has 1 heterocycles. The Bertz CT molecular complexity index is 462. The largest absolute Gasteiger partial charge is 0.356 e. The Hall–Kier alpha value is -1.67. The predicted octanol–water partition coefficient (Wildman–Crippen LogP) is 2.05. The number of hydrogen-bond donors (Lipinski definition) is 0. The molecule has 5 heteroatoms. The van der Waals surface area contributed by atoms with E-state index < -0.39 is 0 Å². The van der Waals surface area contributed by atoms with Crippen LogP contribution < -0.4 is 4.90 Å². The van der Waals surface area contributed by atoms with Gasteiger partial charge in [0, 0.05) is 38.6 Å². The normalized spacial score (nSPS) is 16.1. The number of aromatic nitrogens is 2. The number of hydrogen-bond acceptors (Lipinski definition) is 5. The lowest BCUT2D eigenvalue weighted by Crippen LogP contribution is -2.39. The molecule has 108 valence electrons. The Morgan fingerprint density at radius 1 is 1.15 bits per heavy atom. The highest BCUT2D eigenvalue weighted by atomic mass is 15.2. The molecule has 0 amide bonds. The molecule has 0 aliphatic heterocycles. The highest BCUT2D eigenvalue weighted by Gasteiger charge is 2.18. The third-order valence-corrected chi connectivity index (χ3v) is 4.13. The topological polar surface area (TPSA) is 56.1 Å². The first-order valence-electron chi connectivity index (χ1n) is 7.35. The number of rotatable bonds is 5. The van der Waals surface area contributed by atoms with Gasteiger partial charge >= 0.3 is 0 Å². The van der Waals surface area contributed by atoms with E-state index in [1.807, 2.05) is 11.9 Å². The molecule has 1 fully saturated rings. The van der Waals surface area contributed by atoms with E-state index in [2.05, 4.69) is 28.0 Å². The fourth-order valence-electron chi connectivity index (χ4n) is 2.81. The van der Waals surface area contributed by atoms with Gasteiger partial charge in [-0.25, -0.2) is 9.97 Å². The third kappa shape index (κ3) is 3.67. The van der Waals surface area contributed by atoms with Gasteiger partial charge in [-0.3, -0.25) is 0 Å². The molecular formula is C15H23N5. The van der Waals surface area contributed by atoms with Gasteiger partial charge in [0.1, 0.15) is 6.07 Å². The summed E-state index contributed by atoms with van der Waals surface area (Å²) in [7, 11) is 4.17. The zero-order valence-corrected chi connectivity index (χ0v) is 12.4. The molecule has 2 rings (SSSR count). The molecule has 0 atom stereocenters. The van der Waals surface area contributed by atoms with E-state index >= 15 is 0 Å². The lowest BCUT2D eigenvalue weighted by molar-refractivity contribution is 0.196. The second kappa shape index (κ2) is 7.20. The second-order valence-corrected chi connectivity index (χ2v) is 5.53. The first-order chi connectivity index (χ1) is 9.72. The van der Waals surface area contributed by atoms with Gasteiger partial charge in [-0.15, -0.1) is 0 Å². The van der Waals surface area contributed by atoms with E-state index in [1.54, 1.807) is 12.4 Å². The van der Waals surface area contributed by atoms with Crippen molar-refractivity contribution >= 4 is 5.82 Å². The molecule has 0 spiro atoms. The van der Waals surface area contributed by atoms with Crippen molar-refractivity contribution in [2.24, 2.45) is 0 Å². The van der Waals surface area contributed by atoms with E-state index in [0.717, 1.165) is 19.1 Å². The molecule has 1 aliphatic rings. The average Bonchev–Trinajstić information content (AvgIpc) is 2.53. The van der Waals surface area contributed by atoms with Crippen molar-refractivity contribution in [3.63, 3.8) is 0 Å². The molecule has 1 aromatic rings. The van der Waals surface area contributed by atoms with Crippen LogP contribution in [0.15, 0.2) is 12.4 Å². The second-order valence-electron chi connectivity index (χ2n) is 5.53. The van der Waals surface area contributed by atoms with Crippen LogP contribution in [-0.4, -0.2) is 48.1 Å². The first kappa shape index (κ1) is 14.7. The highest BCUT2D eigenvalue weighted by Crippen LogP contribution is 2.21. The molecule has 5 nitrogen and oxygen atoms in total. The fraction of sp³-hybridized carbons (Fsp3) is 0.667. The molecule has 0 bridgehead atoms. The lowest BCUT2D eigenvalue weighted by Gasteiger charge is -2.32. The molecule has 0 saturated heterocycles. The maximum atomic E-state index is 9.06. The van der Waals surface area contributed by atoms with E-state index in [-0.39, 0.29) is 0 Å². The van der Waals surface area contributed by atoms with Crippen molar-refractivity contribution in [2.75, 3.05) is 32.1 Å². The Morgan fingerprint density at radius 3 is 2.55 bits per heavy atom. The van der Waals surface area contributed by atoms with Gasteiger partial charge in [-0.2, -0.15) is 5.26 Å². The maximum Gasteiger partial charge on any atom is 0.183 e. The summed E-state index contributed by atoms with van der Waals surface area (Å²) < 4.78 is 0. The first-order valence-corrected chi connectivity index (χ1v) is 7.35. The molecule has 0 N–H and O–H groups in total. The quantitative estimate of drug-likeness (QED) is 0.822. The average molecular weight is 273 g/mol. The Labute approximate surface area is 121 Å². The standard InChI is InChI=1S/C15H23N5/c1-19(13-6-4-3-5-7-13)10-11-20(2)15-14(12-16)17-8-9-18-15/h8-9,13H,3-7,10-11H2,1-2H3. The van der Waals surface area contributed by atoms with Gasteiger partial charge in [0.2, 0.25) is 0 Å². The monoisotopic (exact) mass is 273 g/mol. The summed E-state index contributed by atoms with van der Waals surface area (Å²) in [5.41, 5.74) is 0.398. The summed E-state index contributed by atoms with van der Waals surface area (Å²) in [5, 5.41) is 9.06. The van der Waals surface area contributed by atoms with Crippen LogP contribution in [0.2, 0.25) is 0 Å². The Balaban J connectivity index is 1.88. The van der Waals surface area contributed by atoms with E-state index in [1.165, 1.54) is 32.1 Å². The van der Waals surface area contributed by atoms with Gasteiger partial charge in [-0.05, 0) is 19.9 Å². The zero-order chi connectivity index (χ0) is 14.4. The molecule has 0 unspecified atom stereocenters. The maximum absolute atomic E-state index is 9.06. The van der Waals surface area contributed by atoms with Gasteiger partial charge in [-0.1, -0.05) is 19.3 Å². The lowest BCUT2D eigenvalue weighted by atomic mass is 9.94. The van der Waals surface area contributed by atoms with E-state index in [4.69, 9.17) is 5.26 Å². The van der Waals surface area contributed by atoms with E-state index in [0.29, 0.717) is 11.5 Å². The SMILES string of the molecule is CN(CCN(C)C1CCCCC1)c1nccnc1C#N. The van der Waals surface area contributed by atoms with Crippen LogP contribution in [-0.2, 0) is 0 Å². The summed E-state index contributed by atoms with van der Waals surface area (Å²) in [4.78, 5) is 12.8. The van der Waals surface area contributed by atoms with Crippen LogP contribution in [0.4, 0.5) is 5.82 Å². The van der Waals surface area contributed by atoms with Crippen molar-refractivity contribution in [1.82, 2.24) is 14.9 Å². The predicted molar refractivity (Wildman–Crippen MR) is 79.5 cm³/mol. The third-order valence-electron chi connectivity index (χ3n) is 4.13. The summed E-state index contributed by atoms with van der Waals surface area (Å²) >= 11 is 0. The summed E-state index contributed by atoms with van der Waals surface area (Å²) in [6.45, 7) is 1.85. The number of nitrogens with zero attached hydrogens (tertiary/aromatic N) is 5. The molecule has 1 aliphatic carbocycles. The molecule has 20 heavy (non-hydrogen) atoms. The van der Waals surface area contributed by atoms with Gasteiger partial charge in [0.25, 0.3) is 0 Å². The highest BCUT2D eigenvalue weighted by molar-refractivity contribution is 5.48. The minimum atomic E-state index is 0.398. The van der Waals surface area contributed by atoms with Crippen LogP contribution >= 0.6 is 0 Å². The van der Waals surface area contributed by atoms with Crippen LogP contribution in [0.25, 0.3) is 0 Å². The van der Waals surface area contributed by atoms with Crippen molar-refractivity contribution in [2.45, 2.75) is 38.1 Å². The van der Waals surface area contributed by atoms with Crippen LogP contribution in [0.3, 0.4) is 0 Å². The van der Waals surface area contributed by atoms with Crippen LogP contribution in [0.5, 0.6) is 0 Å². The summed E-state index contributed by atoms with van der Waals surface area (Å²) in [6, 6.07) is 2.82. The van der Waals surface area contributed by atoms with Crippen molar-refractivity contribution in [3.05, 3.63) is 18.1 Å². The number of likely N-dealkylation sites (N-methyl/N-ethyl adjacent to an activating group) is 2. The minimum Gasteiger partial charge on any atom is -0.356 e. The molecular weight excluding hydrogens is 250 g/mol. The summed E-state index contributed by atoms with van der Waals surface area (Å²) in [5.74, 6) is 0.673. The van der Waals surface area contributed by atoms with Crippen LogP contribution in [0, 0.1) is 11.3 Å². The Morgan fingerprint density at radius 2 is 1.85 bits per heavy atom. The fourth-order valence-corrected chi connectivity index (χ4v) is 2.81. The zero-order valence-electron chi connectivity index (χ0n) is 12.4. The number of nitriles is 1. The van der Waals surface area contributed by atoms with Gasteiger partial charge < -0.3 is 9.80 Å². The number of anilines is 1. The van der Waals surface area contributed by atoms with Crippen molar-refractivity contribution in [1.29, 1.82) is 5.26 Å². The van der Waals surface area contributed by atoms with Gasteiger partial charge in [0.05, 0.1) is 0 Å². The van der Waals surface area contributed by atoms with Crippen molar-refractivity contribution in [3.8, 4) is 6.07 Å². The molecule has 0 aromatic carbocycles. The Kier molecular flexibility index (Phi) is 5.31. The van der Waals surface area contributed by atoms with Crippen LogP contribution in [0.1, 0.15) is 37.8 Å². The minimum absolute atomic E-state index is 0.398. The smallest absolute Gasteiger partial charge is 0.183 e. The van der Waals surface area contributed by atoms with Gasteiger partial charge in [0.15, 0.2) is 11.5 Å². The molecule has 1 aromatic heterocycles. The molecule has 0 radical (unpaired) electrons. The molecule has 1 saturated carbocycles. The van der Waals surface area contributed by atoms with E-state index in [9.17, 15) is 0 Å². The summed E-state index contributed by atoms with van der Waals surface area (Å²) in [6.07, 6.45) is 9.92.